The third kappa shape index (κ3) is 1.34. The van der Waals surface area contributed by atoms with Crippen LogP contribution in [0.25, 0.3) is 11.0 Å². The van der Waals surface area contributed by atoms with Gasteiger partial charge in [0.05, 0.1) is 12.3 Å². The van der Waals surface area contributed by atoms with Crippen molar-refractivity contribution in [2.45, 2.75) is 6.54 Å². The minimum Gasteiger partial charge on any atom is -0.233 e. The lowest BCUT2D eigenvalue weighted by molar-refractivity contribution is 0.728. The molecule has 0 aromatic carbocycles. The molecule has 2 heterocycles. The molecule has 13 heavy (non-hydrogen) atoms. The summed E-state index contributed by atoms with van der Waals surface area (Å²) < 4.78 is 1.52. The van der Waals surface area contributed by atoms with E-state index in [1.54, 1.807) is 12.3 Å². The summed E-state index contributed by atoms with van der Waals surface area (Å²) in [5.41, 5.74) is 0.647. The van der Waals surface area contributed by atoms with Crippen molar-refractivity contribution in [1.29, 1.82) is 5.26 Å². The van der Waals surface area contributed by atoms with Crippen LogP contribution in [0.4, 0.5) is 0 Å². The fourth-order valence-corrected chi connectivity index (χ4v) is 1.26. The zero-order valence-corrected chi connectivity index (χ0v) is 7.36. The minimum absolute atomic E-state index is 0.191. The van der Waals surface area contributed by atoms with Crippen LogP contribution in [0.1, 0.15) is 0 Å². The van der Waals surface area contributed by atoms with Gasteiger partial charge in [-0.15, -0.1) is 0 Å². The predicted octanol–water partition coefficient (Wildman–Crippen LogP) is 1.61. The third-order valence-corrected chi connectivity index (χ3v) is 1.88. The average molecular weight is 193 g/mol. The standard InChI is InChI=1S/C8H5ClN4/c9-7-2-1-6-5-11-13(4-3-10)8(6)12-7/h1-2,5H,4H2. The summed E-state index contributed by atoms with van der Waals surface area (Å²) in [5.74, 6) is 0. The molecule has 2 aromatic heterocycles. The van der Waals surface area contributed by atoms with E-state index in [1.165, 1.54) is 4.68 Å². The summed E-state index contributed by atoms with van der Waals surface area (Å²) in [5, 5.41) is 13.8. The van der Waals surface area contributed by atoms with Crippen LogP contribution in [0.15, 0.2) is 18.3 Å². The largest absolute Gasteiger partial charge is 0.233 e. The van der Waals surface area contributed by atoms with Crippen molar-refractivity contribution >= 4 is 22.6 Å². The first-order chi connectivity index (χ1) is 6.31. The number of nitrogens with zero attached hydrogens (tertiary/aromatic N) is 4. The SMILES string of the molecule is N#CCn1ncc2ccc(Cl)nc21. The van der Waals surface area contributed by atoms with E-state index in [9.17, 15) is 0 Å². The van der Waals surface area contributed by atoms with Crippen molar-refractivity contribution in [1.82, 2.24) is 14.8 Å². The van der Waals surface area contributed by atoms with Crippen LogP contribution in [-0.2, 0) is 6.54 Å². The quantitative estimate of drug-likeness (QED) is 0.645. The number of hydrogen-bond donors (Lipinski definition) is 0. The minimum atomic E-state index is 0.191. The Kier molecular flexibility index (Phi) is 1.87. The number of halogens is 1. The average Bonchev–Trinajstić information content (AvgIpc) is 2.49. The van der Waals surface area contributed by atoms with Crippen LogP contribution < -0.4 is 0 Å². The lowest BCUT2D eigenvalue weighted by Gasteiger charge is -1.95. The predicted molar refractivity (Wildman–Crippen MR) is 48.2 cm³/mol. The Balaban J connectivity index is 2.66. The second kappa shape index (κ2) is 3.04. The number of aromatic nitrogens is 3. The summed E-state index contributed by atoms with van der Waals surface area (Å²) in [7, 11) is 0. The Morgan fingerprint density at radius 1 is 1.54 bits per heavy atom. The highest BCUT2D eigenvalue weighted by molar-refractivity contribution is 6.29. The van der Waals surface area contributed by atoms with E-state index in [0.29, 0.717) is 10.8 Å². The van der Waals surface area contributed by atoms with E-state index >= 15 is 0 Å². The summed E-state index contributed by atoms with van der Waals surface area (Å²) in [6.45, 7) is 0.191. The molecule has 0 aliphatic rings. The number of fused-ring (bicyclic) bond motifs is 1. The molecule has 5 heteroatoms. The first kappa shape index (κ1) is 8.02. The van der Waals surface area contributed by atoms with Crippen molar-refractivity contribution in [2.75, 3.05) is 0 Å². The van der Waals surface area contributed by atoms with E-state index < -0.39 is 0 Å². The summed E-state index contributed by atoms with van der Waals surface area (Å²) in [6.07, 6.45) is 1.66. The van der Waals surface area contributed by atoms with Gasteiger partial charge in [-0.25, -0.2) is 9.67 Å². The highest BCUT2D eigenvalue weighted by atomic mass is 35.5. The smallest absolute Gasteiger partial charge is 0.160 e. The third-order valence-electron chi connectivity index (χ3n) is 1.67. The van der Waals surface area contributed by atoms with Crippen LogP contribution in [0.2, 0.25) is 5.15 Å². The first-order valence-corrected chi connectivity index (χ1v) is 4.04. The number of nitriles is 1. The molecule has 64 valence electrons. The van der Waals surface area contributed by atoms with E-state index in [-0.39, 0.29) is 6.54 Å². The molecule has 2 aromatic rings. The number of rotatable bonds is 1. The molecule has 0 bridgehead atoms. The molecule has 0 N–H and O–H groups in total. The van der Waals surface area contributed by atoms with Gasteiger partial charge in [0.2, 0.25) is 0 Å². The number of pyridine rings is 1. The van der Waals surface area contributed by atoms with Crippen LogP contribution >= 0.6 is 11.6 Å². The van der Waals surface area contributed by atoms with Gasteiger partial charge in [-0.2, -0.15) is 10.4 Å². The van der Waals surface area contributed by atoms with Gasteiger partial charge in [-0.3, -0.25) is 0 Å². The second-order valence-corrected chi connectivity index (χ2v) is 2.89. The first-order valence-electron chi connectivity index (χ1n) is 3.66. The molecule has 0 atom stereocenters. The maximum absolute atomic E-state index is 8.50. The van der Waals surface area contributed by atoms with Crippen molar-refractivity contribution in [3.63, 3.8) is 0 Å². The van der Waals surface area contributed by atoms with Gasteiger partial charge in [-0.05, 0) is 12.1 Å². The summed E-state index contributed by atoms with van der Waals surface area (Å²) in [4.78, 5) is 4.07. The van der Waals surface area contributed by atoms with Crippen molar-refractivity contribution in [3.8, 4) is 6.07 Å². The maximum atomic E-state index is 8.50. The molecule has 0 unspecified atom stereocenters. The van der Waals surface area contributed by atoms with E-state index in [1.807, 2.05) is 12.1 Å². The van der Waals surface area contributed by atoms with Crippen LogP contribution in [0.3, 0.4) is 0 Å². The van der Waals surface area contributed by atoms with Crippen LogP contribution in [0, 0.1) is 11.3 Å². The van der Waals surface area contributed by atoms with Crippen molar-refractivity contribution in [2.24, 2.45) is 0 Å². The van der Waals surface area contributed by atoms with E-state index in [0.717, 1.165) is 5.39 Å². The highest BCUT2D eigenvalue weighted by Crippen LogP contribution is 2.14. The Hall–Kier alpha value is -1.60. The molecule has 0 radical (unpaired) electrons. The van der Waals surface area contributed by atoms with Crippen molar-refractivity contribution < 1.29 is 0 Å². The monoisotopic (exact) mass is 192 g/mol. The molecular formula is C8H5ClN4. The lowest BCUT2D eigenvalue weighted by atomic mass is 10.4. The second-order valence-electron chi connectivity index (χ2n) is 2.51. The zero-order chi connectivity index (χ0) is 9.26. The van der Waals surface area contributed by atoms with Gasteiger partial charge in [0.25, 0.3) is 0 Å². The zero-order valence-electron chi connectivity index (χ0n) is 6.61. The topological polar surface area (TPSA) is 54.5 Å². The molecule has 0 aliphatic heterocycles. The fourth-order valence-electron chi connectivity index (χ4n) is 1.11. The van der Waals surface area contributed by atoms with E-state index in [4.69, 9.17) is 16.9 Å². The Bertz CT molecular complexity index is 482. The fraction of sp³-hybridized carbons (Fsp3) is 0.125. The molecule has 4 nitrogen and oxygen atoms in total. The van der Waals surface area contributed by atoms with Crippen LogP contribution in [0.5, 0.6) is 0 Å². The summed E-state index contributed by atoms with van der Waals surface area (Å²) in [6, 6.07) is 5.52. The summed E-state index contributed by atoms with van der Waals surface area (Å²) >= 11 is 5.71. The normalized spacial score (nSPS) is 10.2. The molecule has 0 saturated heterocycles. The van der Waals surface area contributed by atoms with E-state index in [2.05, 4.69) is 10.1 Å². The van der Waals surface area contributed by atoms with Gasteiger partial charge < -0.3 is 0 Å². The van der Waals surface area contributed by atoms with Gasteiger partial charge in [-0.1, -0.05) is 11.6 Å². The van der Waals surface area contributed by atoms with Gasteiger partial charge in [0, 0.05) is 5.39 Å². The Labute approximate surface area is 79.4 Å². The molecule has 0 spiro atoms. The molecule has 2 rings (SSSR count). The highest BCUT2D eigenvalue weighted by Gasteiger charge is 2.03. The molecular weight excluding hydrogens is 188 g/mol. The Morgan fingerprint density at radius 3 is 3.15 bits per heavy atom. The lowest BCUT2D eigenvalue weighted by Crippen LogP contribution is -1.98. The Morgan fingerprint density at radius 2 is 2.38 bits per heavy atom. The van der Waals surface area contributed by atoms with Crippen molar-refractivity contribution in [3.05, 3.63) is 23.5 Å². The van der Waals surface area contributed by atoms with Gasteiger partial charge >= 0.3 is 0 Å². The molecule has 0 fully saturated rings. The van der Waals surface area contributed by atoms with Crippen LogP contribution in [-0.4, -0.2) is 14.8 Å². The van der Waals surface area contributed by atoms with Gasteiger partial charge in [0.15, 0.2) is 5.65 Å². The molecule has 0 amide bonds. The van der Waals surface area contributed by atoms with Gasteiger partial charge in [0.1, 0.15) is 11.7 Å². The molecule has 0 aliphatic carbocycles. The maximum Gasteiger partial charge on any atom is 0.160 e. The number of hydrogen-bond acceptors (Lipinski definition) is 3. The molecule has 0 saturated carbocycles.